The van der Waals surface area contributed by atoms with Crippen LogP contribution in [0.3, 0.4) is 0 Å². The van der Waals surface area contributed by atoms with Crippen LogP contribution in [0.1, 0.15) is 28.1 Å². The third-order valence-electron chi connectivity index (χ3n) is 5.38. The second-order valence-electron chi connectivity index (χ2n) is 7.06. The summed E-state index contributed by atoms with van der Waals surface area (Å²) < 4.78 is 23.1. The minimum Gasteiger partial charge on any atom is -0.480 e. The highest BCUT2D eigenvalue weighted by molar-refractivity contribution is 7.10. The molecule has 0 amide bonds. The highest BCUT2D eigenvalue weighted by atomic mass is 35.5. The van der Waals surface area contributed by atoms with Gasteiger partial charge in [0.25, 0.3) is 0 Å². The van der Waals surface area contributed by atoms with Gasteiger partial charge in [0.05, 0.1) is 5.70 Å². The van der Waals surface area contributed by atoms with Gasteiger partial charge in [-0.25, -0.2) is 9.07 Å². The number of nitrogens with one attached hydrogen (secondary N) is 1. The molecule has 0 aliphatic carbocycles. The monoisotopic (exact) mass is 436 g/mol. The zero-order valence-electron chi connectivity index (χ0n) is 15.4. The molecule has 1 N–H and O–H groups in total. The maximum Gasteiger partial charge on any atom is 0.226 e. The van der Waals surface area contributed by atoms with Crippen LogP contribution in [-0.4, -0.2) is 14.8 Å². The number of benzene rings is 2. The van der Waals surface area contributed by atoms with Crippen LogP contribution >= 0.6 is 22.9 Å². The number of nitrogens with zero attached hydrogens (tertiary/aromatic N) is 3. The summed E-state index contributed by atoms with van der Waals surface area (Å²) in [5.74, 6) is 0.935. The first kappa shape index (κ1) is 17.7. The molecule has 148 valence electrons. The summed E-state index contributed by atoms with van der Waals surface area (Å²) >= 11 is 7.92. The SMILES string of the molecule is Fc1ccccc1C1Oc2ccc(Cl)cc2C2=C1C(c1cccs1)n1ncnc1N2. The molecule has 6 rings (SSSR count). The fourth-order valence-corrected chi connectivity index (χ4v) is 5.11. The van der Waals surface area contributed by atoms with Crippen molar-refractivity contribution in [2.45, 2.75) is 12.1 Å². The molecule has 2 aromatic carbocycles. The standard InChI is InChI=1S/C22H14ClFN4OS/c23-12-7-8-16-14(10-12)19-18(21(29-16)13-4-1-2-5-15(13)24)20(17-6-3-9-30-17)28-22(27-19)25-11-26-28/h1-11,20-21H,(H,25,26,27). The number of thiophene rings is 1. The van der Waals surface area contributed by atoms with E-state index in [1.165, 1.54) is 12.4 Å². The lowest BCUT2D eigenvalue weighted by Gasteiger charge is -2.38. The normalized spacial score (nSPS) is 19.4. The lowest BCUT2D eigenvalue weighted by atomic mass is 9.87. The van der Waals surface area contributed by atoms with Gasteiger partial charge in [-0.3, -0.25) is 0 Å². The summed E-state index contributed by atoms with van der Waals surface area (Å²) in [6.07, 6.45) is 0.881. The van der Waals surface area contributed by atoms with Gasteiger partial charge in [0, 0.05) is 26.6 Å². The summed E-state index contributed by atoms with van der Waals surface area (Å²) in [6, 6.07) is 15.9. The number of fused-ring (bicyclic) bond motifs is 3. The van der Waals surface area contributed by atoms with Crippen molar-refractivity contribution in [1.82, 2.24) is 14.8 Å². The second kappa shape index (κ2) is 6.68. The number of rotatable bonds is 2. The quantitative estimate of drug-likeness (QED) is 0.438. The first-order chi connectivity index (χ1) is 14.7. The number of hydrogen-bond donors (Lipinski definition) is 1. The summed E-state index contributed by atoms with van der Waals surface area (Å²) in [5, 5.41) is 10.4. The molecule has 30 heavy (non-hydrogen) atoms. The molecule has 0 saturated heterocycles. The van der Waals surface area contributed by atoms with Crippen molar-refractivity contribution in [2.24, 2.45) is 0 Å². The van der Waals surface area contributed by atoms with E-state index in [2.05, 4.69) is 15.4 Å². The summed E-state index contributed by atoms with van der Waals surface area (Å²) in [7, 11) is 0. The molecule has 0 radical (unpaired) electrons. The Balaban J connectivity index is 1.66. The van der Waals surface area contributed by atoms with Gasteiger partial charge in [-0.2, -0.15) is 10.1 Å². The van der Waals surface area contributed by atoms with E-state index in [4.69, 9.17) is 16.3 Å². The smallest absolute Gasteiger partial charge is 0.226 e. The predicted molar refractivity (Wildman–Crippen MR) is 114 cm³/mol. The molecule has 5 nitrogen and oxygen atoms in total. The molecule has 2 aromatic heterocycles. The molecule has 0 saturated carbocycles. The first-order valence-corrected chi connectivity index (χ1v) is 10.6. The van der Waals surface area contributed by atoms with E-state index in [1.807, 2.05) is 40.4 Å². The number of halogens is 2. The zero-order valence-corrected chi connectivity index (χ0v) is 17.0. The first-order valence-electron chi connectivity index (χ1n) is 9.35. The maximum absolute atomic E-state index is 14.9. The Hall–Kier alpha value is -3.16. The van der Waals surface area contributed by atoms with Crippen LogP contribution in [0, 0.1) is 5.82 Å². The van der Waals surface area contributed by atoms with Crippen molar-refractivity contribution in [3.05, 3.63) is 98.7 Å². The Morgan fingerprint density at radius 3 is 2.87 bits per heavy atom. The van der Waals surface area contributed by atoms with E-state index < -0.39 is 6.10 Å². The molecule has 2 aliphatic rings. The van der Waals surface area contributed by atoms with Crippen molar-refractivity contribution in [2.75, 3.05) is 5.32 Å². The number of hydrogen-bond acceptors (Lipinski definition) is 5. The van der Waals surface area contributed by atoms with Crippen LogP contribution in [0.5, 0.6) is 5.75 Å². The molecule has 2 aliphatic heterocycles. The van der Waals surface area contributed by atoms with Gasteiger partial charge in [-0.1, -0.05) is 35.9 Å². The topological polar surface area (TPSA) is 52.0 Å². The number of ether oxygens (including phenoxy) is 1. The number of anilines is 1. The van der Waals surface area contributed by atoms with Gasteiger partial charge in [0.1, 0.15) is 23.9 Å². The third-order valence-corrected chi connectivity index (χ3v) is 6.54. The lowest BCUT2D eigenvalue weighted by molar-refractivity contribution is 0.218. The molecule has 4 heterocycles. The van der Waals surface area contributed by atoms with E-state index in [0.717, 1.165) is 21.7 Å². The van der Waals surface area contributed by atoms with Gasteiger partial charge in [0.2, 0.25) is 5.95 Å². The molecule has 4 aromatic rings. The van der Waals surface area contributed by atoms with Gasteiger partial charge in [-0.05, 0) is 35.7 Å². The largest absolute Gasteiger partial charge is 0.480 e. The highest BCUT2D eigenvalue weighted by Gasteiger charge is 2.42. The molecular formula is C22H14ClFN4OS. The van der Waals surface area contributed by atoms with Gasteiger partial charge < -0.3 is 10.1 Å². The summed E-state index contributed by atoms with van der Waals surface area (Å²) in [5.41, 5.74) is 2.99. The Labute approximate surface area is 180 Å². The van der Waals surface area contributed by atoms with E-state index in [9.17, 15) is 4.39 Å². The molecule has 0 spiro atoms. The Bertz CT molecular complexity index is 1300. The average molecular weight is 437 g/mol. The lowest BCUT2D eigenvalue weighted by Crippen LogP contribution is -2.32. The third kappa shape index (κ3) is 2.59. The van der Waals surface area contributed by atoms with E-state index in [1.54, 1.807) is 29.5 Å². The Morgan fingerprint density at radius 2 is 2.03 bits per heavy atom. The molecular weight excluding hydrogens is 423 g/mol. The van der Waals surface area contributed by atoms with E-state index >= 15 is 0 Å². The second-order valence-corrected chi connectivity index (χ2v) is 8.48. The minimum absolute atomic E-state index is 0.282. The zero-order chi connectivity index (χ0) is 20.2. The maximum atomic E-state index is 14.9. The van der Waals surface area contributed by atoms with Crippen LogP contribution in [0.2, 0.25) is 5.02 Å². The number of aromatic nitrogens is 3. The van der Waals surface area contributed by atoms with Gasteiger partial charge in [-0.15, -0.1) is 11.3 Å². The molecule has 8 heteroatoms. The van der Waals surface area contributed by atoms with Crippen molar-refractivity contribution in [1.29, 1.82) is 0 Å². The fourth-order valence-electron chi connectivity index (χ4n) is 4.11. The fraction of sp³-hybridized carbons (Fsp3) is 0.0909. The van der Waals surface area contributed by atoms with Crippen molar-refractivity contribution in [3.63, 3.8) is 0 Å². The summed E-state index contributed by atoms with van der Waals surface area (Å²) in [4.78, 5) is 5.44. The summed E-state index contributed by atoms with van der Waals surface area (Å²) in [6.45, 7) is 0. The highest BCUT2D eigenvalue weighted by Crippen LogP contribution is 2.51. The van der Waals surface area contributed by atoms with Crippen LogP contribution in [-0.2, 0) is 0 Å². The Kier molecular flexibility index (Phi) is 3.94. The Morgan fingerprint density at radius 1 is 1.13 bits per heavy atom. The van der Waals surface area contributed by atoms with Gasteiger partial charge in [0.15, 0.2) is 6.10 Å². The van der Waals surface area contributed by atoms with Crippen molar-refractivity contribution in [3.8, 4) is 5.75 Å². The van der Waals surface area contributed by atoms with Crippen LogP contribution in [0.4, 0.5) is 10.3 Å². The van der Waals surface area contributed by atoms with Gasteiger partial charge >= 0.3 is 0 Å². The molecule has 2 atom stereocenters. The van der Waals surface area contributed by atoms with E-state index in [0.29, 0.717) is 22.3 Å². The van der Waals surface area contributed by atoms with Crippen LogP contribution in [0.25, 0.3) is 5.70 Å². The average Bonchev–Trinajstić information content (AvgIpc) is 3.44. The van der Waals surface area contributed by atoms with Crippen LogP contribution < -0.4 is 10.1 Å². The van der Waals surface area contributed by atoms with E-state index in [-0.39, 0.29) is 11.9 Å². The molecule has 2 unspecified atom stereocenters. The van der Waals surface area contributed by atoms with Crippen molar-refractivity contribution < 1.29 is 9.13 Å². The minimum atomic E-state index is -0.633. The molecule has 0 fully saturated rings. The van der Waals surface area contributed by atoms with Crippen LogP contribution in [0.15, 0.2) is 71.9 Å². The van der Waals surface area contributed by atoms with Crippen molar-refractivity contribution >= 4 is 34.6 Å². The predicted octanol–water partition coefficient (Wildman–Crippen LogP) is 5.69. The molecule has 0 bridgehead atoms.